The number of aromatic nitrogens is 2. The lowest BCUT2D eigenvalue weighted by atomic mass is 10.1. The lowest BCUT2D eigenvalue weighted by molar-refractivity contribution is 0.726. The predicted octanol–water partition coefficient (Wildman–Crippen LogP) is 3.03. The van der Waals surface area contributed by atoms with Gasteiger partial charge >= 0.3 is 0 Å². The lowest BCUT2D eigenvalue weighted by Crippen LogP contribution is -2.12. The fraction of sp³-hybridized carbons (Fsp3) is 0.412. The van der Waals surface area contributed by atoms with E-state index in [1.807, 2.05) is 23.7 Å². The van der Waals surface area contributed by atoms with E-state index in [2.05, 4.69) is 43.3 Å². The maximum absolute atomic E-state index is 9.44. The molecule has 0 amide bonds. The maximum atomic E-state index is 9.44. The first-order valence-corrected chi connectivity index (χ1v) is 7.41. The molecule has 0 bridgehead atoms. The van der Waals surface area contributed by atoms with Gasteiger partial charge in [-0.3, -0.25) is 0 Å². The summed E-state index contributed by atoms with van der Waals surface area (Å²) in [7, 11) is 0. The number of rotatable bonds is 5. The minimum atomic E-state index is 0.665. The van der Waals surface area contributed by atoms with Crippen LogP contribution in [0.2, 0.25) is 0 Å². The molecule has 110 valence electrons. The average molecular weight is 282 g/mol. The van der Waals surface area contributed by atoms with Crippen molar-refractivity contribution in [2.45, 2.75) is 40.7 Å². The molecule has 0 atom stereocenters. The molecule has 0 aliphatic rings. The van der Waals surface area contributed by atoms with Crippen molar-refractivity contribution in [3.05, 3.63) is 46.3 Å². The van der Waals surface area contributed by atoms with Gasteiger partial charge in [0.15, 0.2) is 0 Å². The number of nitriles is 1. The molecule has 1 N–H and O–H groups in total. The number of benzene rings is 1. The Labute approximate surface area is 126 Å². The highest BCUT2D eigenvalue weighted by atomic mass is 15.3. The third-order valence-electron chi connectivity index (χ3n) is 3.78. The Morgan fingerprint density at radius 2 is 2.05 bits per heavy atom. The SMILES string of the molecule is CCNCc1ccc(-n2nc(C)c(CC)c2C)c(C#N)c1. The third kappa shape index (κ3) is 2.98. The molecule has 0 radical (unpaired) electrons. The Morgan fingerprint density at radius 1 is 1.29 bits per heavy atom. The second-order valence-corrected chi connectivity index (χ2v) is 5.16. The summed E-state index contributed by atoms with van der Waals surface area (Å²) >= 11 is 0. The van der Waals surface area contributed by atoms with Gasteiger partial charge in [0, 0.05) is 12.2 Å². The molecule has 0 fully saturated rings. The molecule has 0 aliphatic heterocycles. The molecular weight excluding hydrogens is 260 g/mol. The predicted molar refractivity (Wildman–Crippen MR) is 84.5 cm³/mol. The van der Waals surface area contributed by atoms with Crippen LogP contribution in [0.1, 0.15) is 41.9 Å². The monoisotopic (exact) mass is 282 g/mol. The van der Waals surface area contributed by atoms with Gasteiger partial charge in [-0.2, -0.15) is 10.4 Å². The molecular formula is C17H22N4. The van der Waals surface area contributed by atoms with Crippen LogP contribution in [0.4, 0.5) is 0 Å². The molecule has 1 heterocycles. The topological polar surface area (TPSA) is 53.6 Å². The van der Waals surface area contributed by atoms with Crippen molar-refractivity contribution in [2.75, 3.05) is 6.54 Å². The Hall–Kier alpha value is -2.12. The summed E-state index contributed by atoms with van der Waals surface area (Å²) in [6, 6.07) is 8.29. The summed E-state index contributed by atoms with van der Waals surface area (Å²) in [5, 5.41) is 17.3. The minimum Gasteiger partial charge on any atom is -0.313 e. The van der Waals surface area contributed by atoms with Gasteiger partial charge in [0.2, 0.25) is 0 Å². The van der Waals surface area contributed by atoms with E-state index in [4.69, 9.17) is 0 Å². The second kappa shape index (κ2) is 6.55. The van der Waals surface area contributed by atoms with E-state index in [-0.39, 0.29) is 0 Å². The lowest BCUT2D eigenvalue weighted by Gasteiger charge is -2.09. The quantitative estimate of drug-likeness (QED) is 0.917. The Balaban J connectivity index is 2.47. The van der Waals surface area contributed by atoms with Crippen LogP contribution < -0.4 is 5.32 Å². The van der Waals surface area contributed by atoms with Crippen LogP contribution in [-0.4, -0.2) is 16.3 Å². The minimum absolute atomic E-state index is 0.665. The van der Waals surface area contributed by atoms with Crippen molar-refractivity contribution < 1.29 is 0 Å². The van der Waals surface area contributed by atoms with Crippen LogP contribution >= 0.6 is 0 Å². The van der Waals surface area contributed by atoms with E-state index in [9.17, 15) is 5.26 Å². The standard InChI is InChI=1S/C17H22N4/c1-5-16-12(3)20-21(13(16)4)17-8-7-14(11-19-6-2)9-15(17)10-18/h7-9,19H,5-6,11H2,1-4H3. The Kier molecular flexibility index (Phi) is 4.77. The summed E-state index contributed by atoms with van der Waals surface area (Å²) in [5.41, 5.74) is 6.06. The van der Waals surface area contributed by atoms with Crippen molar-refractivity contribution >= 4 is 0 Å². The van der Waals surface area contributed by atoms with Crippen LogP contribution in [0, 0.1) is 25.2 Å². The van der Waals surface area contributed by atoms with Gasteiger partial charge in [0.25, 0.3) is 0 Å². The van der Waals surface area contributed by atoms with Crippen LogP contribution in [0.5, 0.6) is 0 Å². The first-order valence-electron chi connectivity index (χ1n) is 7.41. The van der Waals surface area contributed by atoms with Crippen molar-refractivity contribution in [2.24, 2.45) is 0 Å². The van der Waals surface area contributed by atoms with E-state index < -0.39 is 0 Å². The fourth-order valence-corrected chi connectivity index (χ4v) is 2.66. The van der Waals surface area contributed by atoms with Gasteiger partial charge in [0.1, 0.15) is 6.07 Å². The number of nitrogens with zero attached hydrogens (tertiary/aromatic N) is 3. The fourth-order valence-electron chi connectivity index (χ4n) is 2.66. The molecule has 2 rings (SSSR count). The van der Waals surface area contributed by atoms with Crippen molar-refractivity contribution in [3.63, 3.8) is 0 Å². The van der Waals surface area contributed by atoms with Crippen LogP contribution in [0.25, 0.3) is 5.69 Å². The van der Waals surface area contributed by atoms with Gasteiger partial charge in [-0.25, -0.2) is 4.68 Å². The van der Waals surface area contributed by atoms with Gasteiger partial charge in [-0.05, 0) is 50.1 Å². The zero-order valence-electron chi connectivity index (χ0n) is 13.2. The number of hydrogen-bond acceptors (Lipinski definition) is 3. The zero-order chi connectivity index (χ0) is 15.4. The zero-order valence-corrected chi connectivity index (χ0v) is 13.2. The second-order valence-electron chi connectivity index (χ2n) is 5.16. The summed E-state index contributed by atoms with van der Waals surface area (Å²) < 4.78 is 1.89. The number of hydrogen-bond donors (Lipinski definition) is 1. The van der Waals surface area contributed by atoms with Gasteiger partial charge in [0.05, 0.1) is 16.9 Å². The highest BCUT2D eigenvalue weighted by molar-refractivity contribution is 5.51. The number of nitrogens with one attached hydrogen (secondary N) is 1. The first-order chi connectivity index (χ1) is 10.1. The summed E-state index contributed by atoms with van der Waals surface area (Å²) in [6.45, 7) is 9.98. The average Bonchev–Trinajstić information content (AvgIpc) is 2.79. The number of aryl methyl sites for hydroxylation is 1. The van der Waals surface area contributed by atoms with Crippen LogP contribution in [0.3, 0.4) is 0 Å². The van der Waals surface area contributed by atoms with Crippen molar-refractivity contribution in [1.29, 1.82) is 5.26 Å². The van der Waals surface area contributed by atoms with Gasteiger partial charge in [-0.1, -0.05) is 19.9 Å². The van der Waals surface area contributed by atoms with E-state index in [0.717, 1.165) is 42.1 Å². The van der Waals surface area contributed by atoms with Crippen LogP contribution in [0.15, 0.2) is 18.2 Å². The molecule has 1 aromatic carbocycles. The largest absolute Gasteiger partial charge is 0.313 e. The van der Waals surface area contributed by atoms with E-state index in [1.54, 1.807) is 0 Å². The maximum Gasteiger partial charge on any atom is 0.101 e. The third-order valence-corrected chi connectivity index (χ3v) is 3.78. The van der Waals surface area contributed by atoms with Crippen molar-refractivity contribution in [3.8, 4) is 11.8 Å². The van der Waals surface area contributed by atoms with E-state index in [1.165, 1.54) is 5.56 Å². The van der Waals surface area contributed by atoms with Gasteiger partial charge < -0.3 is 5.32 Å². The molecule has 0 unspecified atom stereocenters. The molecule has 2 aromatic rings. The van der Waals surface area contributed by atoms with E-state index in [0.29, 0.717) is 5.56 Å². The first kappa shape index (κ1) is 15.3. The summed E-state index contributed by atoms with van der Waals surface area (Å²) in [6.07, 6.45) is 0.956. The van der Waals surface area contributed by atoms with Gasteiger partial charge in [-0.15, -0.1) is 0 Å². The Morgan fingerprint density at radius 3 is 2.62 bits per heavy atom. The molecule has 4 heteroatoms. The highest BCUT2D eigenvalue weighted by Gasteiger charge is 2.14. The molecule has 0 saturated heterocycles. The van der Waals surface area contributed by atoms with E-state index >= 15 is 0 Å². The van der Waals surface area contributed by atoms with Crippen molar-refractivity contribution in [1.82, 2.24) is 15.1 Å². The normalized spacial score (nSPS) is 10.6. The summed E-state index contributed by atoms with van der Waals surface area (Å²) in [5.74, 6) is 0. The molecule has 0 saturated carbocycles. The smallest absolute Gasteiger partial charge is 0.101 e. The molecule has 0 spiro atoms. The molecule has 0 aliphatic carbocycles. The summed E-state index contributed by atoms with van der Waals surface area (Å²) in [4.78, 5) is 0. The van der Waals surface area contributed by atoms with Crippen LogP contribution in [-0.2, 0) is 13.0 Å². The molecule has 1 aromatic heterocycles. The highest BCUT2D eigenvalue weighted by Crippen LogP contribution is 2.21. The Bertz CT molecular complexity index is 677. The molecule has 4 nitrogen and oxygen atoms in total. The molecule has 21 heavy (non-hydrogen) atoms.